The Morgan fingerprint density at radius 3 is 2.41 bits per heavy atom. The molecule has 1 aromatic heterocycles. The lowest BCUT2D eigenvalue weighted by atomic mass is 10.1. The first-order valence-corrected chi connectivity index (χ1v) is 9.13. The molecule has 0 aliphatic rings. The number of aryl methyl sites for hydroxylation is 3. The lowest BCUT2D eigenvalue weighted by Gasteiger charge is -2.10. The Morgan fingerprint density at radius 1 is 1.03 bits per heavy atom. The number of nitrogens with one attached hydrogen (secondary N) is 2. The number of aromatic nitrogens is 2. The van der Waals surface area contributed by atoms with Crippen molar-refractivity contribution in [1.29, 1.82) is 0 Å². The standard InChI is InChI=1S/C21H21N5O3/c1-4-15-8-9-18(12-19(15)26(28)29)24-20(27)16-6-5-7-17(11-16)25-21-22-13(2)10-14(3)23-21/h5-12H,4H2,1-3H3,(H,24,27)(H,22,23,25). The van der Waals surface area contributed by atoms with E-state index < -0.39 is 4.92 Å². The monoisotopic (exact) mass is 391 g/mol. The van der Waals surface area contributed by atoms with Crippen LogP contribution < -0.4 is 10.6 Å². The molecule has 0 saturated heterocycles. The number of nitrogens with zero attached hydrogens (tertiary/aromatic N) is 3. The third-order valence-corrected chi connectivity index (χ3v) is 4.28. The molecule has 0 radical (unpaired) electrons. The maximum atomic E-state index is 12.6. The van der Waals surface area contributed by atoms with E-state index in [1.165, 1.54) is 6.07 Å². The molecule has 0 bridgehead atoms. The van der Waals surface area contributed by atoms with Crippen molar-refractivity contribution in [2.75, 3.05) is 10.6 Å². The van der Waals surface area contributed by atoms with Crippen molar-refractivity contribution in [2.45, 2.75) is 27.2 Å². The molecule has 0 fully saturated rings. The summed E-state index contributed by atoms with van der Waals surface area (Å²) in [5.41, 5.74) is 3.73. The maximum Gasteiger partial charge on any atom is 0.274 e. The zero-order valence-corrected chi connectivity index (χ0v) is 16.4. The van der Waals surface area contributed by atoms with Crippen molar-refractivity contribution in [3.63, 3.8) is 0 Å². The van der Waals surface area contributed by atoms with E-state index in [9.17, 15) is 14.9 Å². The van der Waals surface area contributed by atoms with Crippen molar-refractivity contribution in [2.24, 2.45) is 0 Å². The molecular weight excluding hydrogens is 370 g/mol. The van der Waals surface area contributed by atoms with Crippen molar-refractivity contribution < 1.29 is 9.72 Å². The molecule has 0 aliphatic carbocycles. The van der Waals surface area contributed by atoms with Gasteiger partial charge in [0, 0.05) is 40.0 Å². The molecule has 0 unspecified atom stereocenters. The molecule has 3 rings (SSSR count). The van der Waals surface area contributed by atoms with Gasteiger partial charge in [0.15, 0.2) is 0 Å². The molecule has 8 heteroatoms. The van der Waals surface area contributed by atoms with Gasteiger partial charge >= 0.3 is 0 Å². The zero-order chi connectivity index (χ0) is 21.0. The number of carbonyl (C=O) groups is 1. The number of anilines is 3. The summed E-state index contributed by atoms with van der Waals surface area (Å²) in [7, 11) is 0. The summed E-state index contributed by atoms with van der Waals surface area (Å²) in [5, 5.41) is 17.0. The molecule has 1 amide bonds. The Balaban J connectivity index is 1.79. The molecule has 0 atom stereocenters. The molecule has 29 heavy (non-hydrogen) atoms. The van der Waals surface area contributed by atoms with Crippen LogP contribution in [0.5, 0.6) is 0 Å². The molecule has 2 aromatic carbocycles. The summed E-state index contributed by atoms with van der Waals surface area (Å²) >= 11 is 0. The fraction of sp³-hybridized carbons (Fsp3) is 0.190. The van der Waals surface area contributed by atoms with E-state index in [2.05, 4.69) is 20.6 Å². The van der Waals surface area contributed by atoms with Crippen LogP contribution in [0.25, 0.3) is 0 Å². The zero-order valence-electron chi connectivity index (χ0n) is 16.4. The molecule has 3 aromatic rings. The lowest BCUT2D eigenvalue weighted by Crippen LogP contribution is -2.12. The molecule has 148 valence electrons. The topological polar surface area (TPSA) is 110 Å². The lowest BCUT2D eigenvalue weighted by molar-refractivity contribution is -0.385. The van der Waals surface area contributed by atoms with Gasteiger partial charge in [-0.3, -0.25) is 14.9 Å². The minimum atomic E-state index is -0.442. The van der Waals surface area contributed by atoms with Crippen molar-refractivity contribution in [3.05, 3.63) is 81.2 Å². The van der Waals surface area contributed by atoms with Crippen molar-refractivity contribution in [1.82, 2.24) is 9.97 Å². The molecule has 1 heterocycles. The maximum absolute atomic E-state index is 12.6. The third-order valence-electron chi connectivity index (χ3n) is 4.28. The summed E-state index contributed by atoms with van der Waals surface area (Å²) in [6, 6.07) is 13.4. The van der Waals surface area contributed by atoms with Gasteiger partial charge in [-0.25, -0.2) is 9.97 Å². The van der Waals surface area contributed by atoms with Crippen LogP contribution in [0.15, 0.2) is 48.5 Å². The van der Waals surface area contributed by atoms with E-state index in [4.69, 9.17) is 0 Å². The summed E-state index contributed by atoms with van der Waals surface area (Å²) in [4.78, 5) is 32.1. The molecule has 0 saturated carbocycles. The Morgan fingerprint density at radius 2 is 1.76 bits per heavy atom. The normalized spacial score (nSPS) is 10.4. The fourth-order valence-corrected chi connectivity index (χ4v) is 2.96. The quantitative estimate of drug-likeness (QED) is 0.471. The highest BCUT2D eigenvalue weighted by atomic mass is 16.6. The predicted octanol–water partition coefficient (Wildman–Crippen LogP) is 4.56. The summed E-state index contributed by atoms with van der Waals surface area (Å²) in [5.74, 6) is 0.0828. The van der Waals surface area contributed by atoms with Crippen LogP contribution in [0.2, 0.25) is 0 Å². The summed E-state index contributed by atoms with van der Waals surface area (Å²) in [6.07, 6.45) is 0.540. The highest BCUT2D eigenvalue weighted by molar-refractivity contribution is 6.05. The number of hydrogen-bond donors (Lipinski definition) is 2. The third kappa shape index (κ3) is 4.92. The number of rotatable bonds is 6. The van der Waals surface area contributed by atoms with Gasteiger partial charge < -0.3 is 10.6 Å². The highest BCUT2D eigenvalue weighted by Crippen LogP contribution is 2.24. The van der Waals surface area contributed by atoms with Crippen LogP contribution in [0.1, 0.15) is 34.2 Å². The molecular formula is C21H21N5O3. The van der Waals surface area contributed by atoms with Gasteiger partial charge in [0.2, 0.25) is 5.95 Å². The summed E-state index contributed by atoms with van der Waals surface area (Å²) < 4.78 is 0. The van der Waals surface area contributed by atoms with Gasteiger partial charge in [-0.15, -0.1) is 0 Å². The smallest absolute Gasteiger partial charge is 0.274 e. The Kier molecular flexibility index (Phi) is 5.82. The number of carbonyl (C=O) groups excluding carboxylic acids is 1. The molecule has 0 aliphatic heterocycles. The first-order chi connectivity index (χ1) is 13.9. The van der Waals surface area contributed by atoms with Crippen LogP contribution >= 0.6 is 0 Å². The molecule has 0 spiro atoms. The summed E-state index contributed by atoms with van der Waals surface area (Å²) in [6.45, 7) is 5.61. The van der Waals surface area contributed by atoms with Crippen LogP contribution in [0, 0.1) is 24.0 Å². The predicted molar refractivity (Wildman–Crippen MR) is 112 cm³/mol. The van der Waals surface area contributed by atoms with E-state index in [-0.39, 0.29) is 11.6 Å². The van der Waals surface area contributed by atoms with Gasteiger partial charge in [-0.2, -0.15) is 0 Å². The van der Waals surface area contributed by atoms with E-state index in [1.807, 2.05) is 26.8 Å². The van der Waals surface area contributed by atoms with Crippen LogP contribution in [-0.2, 0) is 6.42 Å². The Bertz CT molecular complexity index is 1060. The van der Waals surface area contributed by atoms with E-state index in [0.29, 0.717) is 34.9 Å². The average molecular weight is 391 g/mol. The molecule has 8 nitrogen and oxygen atoms in total. The Hall–Kier alpha value is -3.81. The van der Waals surface area contributed by atoms with Gasteiger partial charge in [0.25, 0.3) is 11.6 Å². The second kappa shape index (κ2) is 8.47. The second-order valence-corrected chi connectivity index (χ2v) is 6.59. The van der Waals surface area contributed by atoms with Crippen LogP contribution in [0.3, 0.4) is 0 Å². The van der Waals surface area contributed by atoms with Crippen molar-refractivity contribution >= 4 is 28.9 Å². The Labute approximate surface area is 168 Å². The van der Waals surface area contributed by atoms with E-state index >= 15 is 0 Å². The van der Waals surface area contributed by atoms with E-state index in [1.54, 1.807) is 36.4 Å². The number of nitro benzene ring substituents is 1. The number of amides is 1. The van der Waals surface area contributed by atoms with Crippen LogP contribution in [-0.4, -0.2) is 20.8 Å². The molecule has 2 N–H and O–H groups in total. The van der Waals surface area contributed by atoms with E-state index in [0.717, 1.165) is 11.4 Å². The van der Waals surface area contributed by atoms with Crippen LogP contribution in [0.4, 0.5) is 23.0 Å². The van der Waals surface area contributed by atoms with Gasteiger partial charge in [-0.05, 0) is 50.6 Å². The number of hydrogen-bond acceptors (Lipinski definition) is 6. The number of nitro groups is 1. The minimum absolute atomic E-state index is 0.00677. The minimum Gasteiger partial charge on any atom is -0.324 e. The van der Waals surface area contributed by atoms with Crippen molar-refractivity contribution in [3.8, 4) is 0 Å². The van der Waals surface area contributed by atoms with Gasteiger partial charge in [0.05, 0.1) is 4.92 Å². The fourth-order valence-electron chi connectivity index (χ4n) is 2.96. The second-order valence-electron chi connectivity index (χ2n) is 6.59. The first kappa shape index (κ1) is 19.9. The largest absolute Gasteiger partial charge is 0.324 e. The highest BCUT2D eigenvalue weighted by Gasteiger charge is 2.15. The first-order valence-electron chi connectivity index (χ1n) is 9.13. The van der Waals surface area contributed by atoms with Gasteiger partial charge in [-0.1, -0.05) is 19.1 Å². The number of benzene rings is 2. The average Bonchev–Trinajstić information content (AvgIpc) is 2.67. The van der Waals surface area contributed by atoms with Gasteiger partial charge in [0.1, 0.15) is 0 Å². The SMILES string of the molecule is CCc1ccc(NC(=O)c2cccc(Nc3nc(C)cc(C)n3)c2)cc1[N+](=O)[O-].